The lowest BCUT2D eigenvalue weighted by Crippen LogP contribution is -2.30. The van der Waals surface area contributed by atoms with Gasteiger partial charge in [-0.15, -0.1) is 0 Å². The molecule has 94 valence electrons. The third kappa shape index (κ3) is 2.74. The van der Waals surface area contributed by atoms with Crippen molar-refractivity contribution in [2.24, 2.45) is 5.92 Å². The van der Waals surface area contributed by atoms with E-state index in [1.807, 2.05) is 19.1 Å². The van der Waals surface area contributed by atoms with Crippen LogP contribution in [0.25, 0.3) is 0 Å². The quantitative estimate of drug-likeness (QED) is 0.855. The van der Waals surface area contributed by atoms with Gasteiger partial charge in [0.2, 0.25) is 0 Å². The minimum Gasteiger partial charge on any atom is -0.508 e. The van der Waals surface area contributed by atoms with E-state index in [0.717, 1.165) is 17.7 Å². The number of phenols is 1. The molecular weight excluding hydrogens is 212 g/mol. The van der Waals surface area contributed by atoms with Crippen molar-refractivity contribution in [2.75, 3.05) is 0 Å². The largest absolute Gasteiger partial charge is 0.508 e. The molecule has 0 heterocycles. The summed E-state index contributed by atoms with van der Waals surface area (Å²) in [5.41, 5.74) is 0.855. The maximum absolute atomic E-state index is 9.67. The van der Waals surface area contributed by atoms with Gasteiger partial charge in [-0.25, -0.2) is 0 Å². The molecule has 0 radical (unpaired) electrons. The first-order valence-corrected chi connectivity index (χ1v) is 6.67. The molecule has 1 fully saturated rings. The van der Waals surface area contributed by atoms with E-state index in [1.165, 1.54) is 25.7 Å². The molecule has 0 bridgehead atoms. The summed E-state index contributed by atoms with van der Waals surface area (Å²) in [5.74, 6) is 1.84. The standard InChI is InChI=1S/C15H22O2/c1-3-12-7-4-5-9-15(12)17-14-10-6-8-13(16)11(14)2/h6,8,10,12,15-16H,3-5,7,9H2,1-2H3. The molecule has 0 aromatic heterocycles. The predicted octanol–water partition coefficient (Wildman–Crippen LogP) is 4.05. The van der Waals surface area contributed by atoms with Crippen LogP contribution in [0.15, 0.2) is 18.2 Å². The van der Waals surface area contributed by atoms with Crippen LogP contribution in [0.3, 0.4) is 0 Å². The Morgan fingerprint density at radius 3 is 2.82 bits per heavy atom. The van der Waals surface area contributed by atoms with Crippen molar-refractivity contribution in [2.45, 2.75) is 52.1 Å². The van der Waals surface area contributed by atoms with E-state index < -0.39 is 0 Å². The van der Waals surface area contributed by atoms with Gasteiger partial charge >= 0.3 is 0 Å². The van der Waals surface area contributed by atoms with Crippen LogP contribution >= 0.6 is 0 Å². The molecule has 1 aromatic rings. The minimum absolute atomic E-state index is 0.325. The van der Waals surface area contributed by atoms with Crippen LogP contribution in [0.4, 0.5) is 0 Å². The first-order chi connectivity index (χ1) is 8.22. The van der Waals surface area contributed by atoms with Crippen LogP contribution in [0.1, 0.15) is 44.6 Å². The molecule has 0 saturated heterocycles. The van der Waals surface area contributed by atoms with E-state index in [-0.39, 0.29) is 0 Å². The van der Waals surface area contributed by atoms with Crippen LogP contribution in [-0.2, 0) is 0 Å². The van der Waals surface area contributed by atoms with Gasteiger partial charge in [-0.3, -0.25) is 0 Å². The van der Waals surface area contributed by atoms with Gasteiger partial charge in [0, 0.05) is 5.56 Å². The first-order valence-electron chi connectivity index (χ1n) is 6.67. The van der Waals surface area contributed by atoms with Crippen molar-refractivity contribution in [3.05, 3.63) is 23.8 Å². The highest BCUT2D eigenvalue weighted by atomic mass is 16.5. The molecule has 1 aliphatic carbocycles. The molecule has 17 heavy (non-hydrogen) atoms. The Balaban J connectivity index is 2.11. The Morgan fingerprint density at radius 2 is 2.06 bits per heavy atom. The molecule has 1 N–H and O–H groups in total. The molecule has 1 saturated carbocycles. The van der Waals surface area contributed by atoms with Gasteiger partial charge in [0.1, 0.15) is 17.6 Å². The monoisotopic (exact) mass is 234 g/mol. The van der Waals surface area contributed by atoms with E-state index in [1.54, 1.807) is 6.07 Å². The van der Waals surface area contributed by atoms with Crippen LogP contribution < -0.4 is 4.74 Å². The molecule has 0 amide bonds. The molecule has 2 rings (SSSR count). The second-order valence-corrected chi connectivity index (χ2v) is 5.01. The van der Waals surface area contributed by atoms with Crippen molar-refractivity contribution < 1.29 is 9.84 Å². The van der Waals surface area contributed by atoms with Crippen molar-refractivity contribution in [3.8, 4) is 11.5 Å². The number of benzene rings is 1. The number of ether oxygens (including phenoxy) is 1. The molecular formula is C15H22O2. The van der Waals surface area contributed by atoms with Crippen LogP contribution in [-0.4, -0.2) is 11.2 Å². The molecule has 2 atom stereocenters. The van der Waals surface area contributed by atoms with E-state index in [9.17, 15) is 5.11 Å². The highest BCUT2D eigenvalue weighted by molar-refractivity contribution is 5.42. The highest BCUT2D eigenvalue weighted by Gasteiger charge is 2.25. The smallest absolute Gasteiger partial charge is 0.126 e. The van der Waals surface area contributed by atoms with Crippen molar-refractivity contribution >= 4 is 0 Å². The summed E-state index contributed by atoms with van der Waals surface area (Å²) in [5, 5.41) is 9.67. The Bertz CT molecular complexity index is 373. The molecule has 1 aliphatic rings. The molecule has 2 unspecified atom stereocenters. The maximum Gasteiger partial charge on any atom is 0.126 e. The SMILES string of the molecule is CCC1CCCCC1Oc1cccc(O)c1C. The molecule has 0 spiro atoms. The van der Waals surface area contributed by atoms with E-state index >= 15 is 0 Å². The second-order valence-electron chi connectivity index (χ2n) is 5.01. The average Bonchev–Trinajstić information content (AvgIpc) is 2.35. The maximum atomic E-state index is 9.67. The summed E-state index contributed by atoms with van der Waals surface area (Å²) >= 11 is 0. The fraction of sp³-hybridized carbons (Fsp3) is 0.600. The summed E-state index contributed by atoms with van der Waals surface area (Å²) in [6.45, 7) is 4.15. The molecule has 1 aromatic carbocycles. The zero-order chi connectivity index (χ0) is 12.3. The Morgan fingerprint density at radius 1 is 1.29 bits per heavy atom. The van der Waals surface area contributed by atoms with Gasteiger partial charge in [0.15, 0.2) is 0 Å². The molecule has 2 heteroatoms. The Labute approximate surface area is 104 Å². The zero-order valence-corrected chi connectivity index (χ0v) is 10.8. The van der Waals surface area contributed by atoms with E-state index in [2.05, 4.69) is 6.92 Å². The van der Waals surface area contributed by atoms with Gasteiger partial charge in [0.05, 0.1) is 0 Å². The minimum atomic E-state index is 0.325. The lowest BCUT2D eigenvalue weighted by atomic mass is 9.84. The number of phenolic OH excluding ortho intramolecular Hbond substituents is 1. The Hall–Kier alpha value is -1.18. The lowest BCUT2D eigenvalue weighted by molar-refractivity contribution is 0.0894. The summed E-state index contributed by atoms with van der Waals surface area (Å²) < 4.78 is 6.11. The first kappa shape index (κ1) is 12.3. The zero-order valence-electron chi connectivity index (χ0n) is 10.8. The summed E-state index contributed by atoms with van der Waals surface area (Å²) in [4.78, 5) is 0. The Kier molecular flexibility index (Phi) is 3.93. The fourth-order valence-corrected chi connectivity index (χ4v) is 2.69. The second kappa shape index (κ2) is 5.44. The number of aromatic hydroxyl groups is 1. The van der Waals surface area contributed by atoms with E-state index in [0.29, 0.717) is 17.8 Å². The number of rotatable bonds is 3. The fourth-order valence-electron chi connectivity index (χ4n) is 2.69. The highest BCUT2D eigenvalue weighted by Crippen LogP contribution is 2.33. The van der Waals surface area contributed by atoms with Gasteiger partial charge < -0.3 is 9.84 Å². The lowest BCUT2D eigenvalue weighted by Gasteiger charge is -2.31. The van der Waals surface area contributed by atoms with Crippen molar-refractivity contribution in [1.82, 2.24) is 0 Å². The van der Waals surface area contributed by atoms with Crippen LogP contribution in [0.5, 0.6) is 11.5 Å². The predicted molar refractivity (Wildman–Crippen MR) is 69.5 cm³/mol. The van der Waals surface area contributed by atoms with Crippen molar-refractivity contribution in [1.29, 1.82) is 0 Å². The van der Waals surface area contributed by atoms with Crippen LogP contribution in [0.2, 0.25) is 0 Å². The van der Waals surface area contributed by atoms with Crippen LogP contribution in [0, 0.1) is 12.8 Å². The summed E-state index contributed by atoms with van der Waals surface area (Å²) in [6.07, 6.45) is 6.53. The van der Waals surface area contributed by atoms with Gasteiger partial charge in [-0.1, -0.05) is 19.4 Å². The third-order valence-electron chi connectivity index (χ3n) is 3.90. The number of hydrogen-bond acceptors (Lipinski definition) is 2. The average molecular weight is 234 g/mol. The van der Waals surface area contributed by atoms with Gasteiger partial charge in [-0.05, 0) is 50.7 Å². The number of hydrogen-bond donors (Lipinski definition) is 1. The van der Waals surface area contributed by atoms with Gasteiger partial charge in [0.25, 0.3) is 0 Å². The van der Waals surface area contributed by atoms with Crippen molar-refractivity contribution in [3.63, 3.8) is 0 Å². The topological polar surface area (TPSA) is 29.5 Å². The van der Waals surface area contributed by atoms with E-state index in [4.69, 9.17) is 4.74 Å². The summed E-state index contributed by atoms with van der Waals surface area (Å²) in [6, 6.07) is 5.51. The third-order valence-corrected chi connectivity index (χ3v) is 3.90. The molecule has 0 aliphatic heterocycles. The normalized spacial score (nSPS) is 24.6. The van der Waals surface area contributed by atoms with Gasteiger partial charge in [-0.2, -0.15) is 0 Å². The summed E-state index contributed by atoms with van der Waals surface area (Å²) in [7, 11) is 0. The molecule has 2 nitrogen and oxygen atoms in total.